The summed E-state index contributed by atoms with van der Waals surface area (Å²) in [5.74, 6) is 1.36. The number of nitrogen functional groups attached to an aromatic ring is 1. The summed E-state index contributed by atoms with van der Waals surface area (Å²) in [6.07, 6.45) is 1.70. The monoisotopic (exact) mass is 295 g/mol. The van der Waals surface area contributed by atoms with E-state index in [1.165, 1.54) is 0 Å². The predicted molar refractivity (Wildman–Crippen MR) is 66.4 cm³/mol. The standard InChI is InChI=1S/C11H10BrN3O2/c12-8-1-2-9-7(4-16-5-17-9)10(8)6-3-14-15-11(6)13/h1-3H,4-5H2,(H3,13,14,15). The lowest BCUT2D eigenvalue weighted by atomic mass is 10.0. The Bertz CT molecular complexity index is 568. The van der Waals surface area contributed by atoms with E-state index in [1.807, 2.05) is 12.1 Å². The van der Waals surface area contributed by atoms with Crippen molar-refractivity contribution in [3.63, 3.8) is 0 Å². The molecule has 1 aliphatic rings. The van der Waals surface area contributed by atoms with Crippen molar-refractivity contribution in [3.8, 4) is 16.9 Å². The number of hydrogen-bond donors (Lipinski definition) is 2. The first kappa shape index (κ1) is 10.6. The lowest BCUT2D eigenvalue weighted by molar-refractivity contribution is -0.0160. The summed E-state index contributed by atoms with van der Waals surface area (Å²) in [5.41, 5.74) is 8.66. The highest BCUT2D eigenvalue weighted by molar-refractivity contribution is 9.10. The Hall–Kier alpha value is -1.53. The van der Waals surface area contributed by atoms with Gasteiger partial charge in [-0.3, -0.25) is 5.10 Å². The third-order valence-electron chi connectivity index (χ3n) is 2.70. The summed E-state index contributed by atoms with van der Waals surface area (Å²) in [6.45, 7) is 0.795. The second kappa shape index (κ2) is 4.05. The van der Waals surface area contributed by atoms with Crippen LogP contribution in [0, 0.1) is 0 Å². The van der Waals surface area contributed by atoms with E-state index < -0.39 is 0 Å². The first-order valence-corrected chi connectivity index (χ1v) is 5.88. The molecule has 2 aromatic rings. The highest BCUT2D eigenvalue weighted by Gasteiger charge is 2.20. The summed E-state index contributed by atoms with van der Waals surface area (Å²) in [5, 5.41) is 6.66. The SMILES string of the molecule is Nc1[nH]ncc1-c1c(Br)ccc2c1COCO2. The average molecular weight is 296 g/mol. The molecular weight excluding hydrogens is 286 g/mol. The number of nitrogens with one attached hydrogen (secondary N) is 1. The van der Waals surface area contributed by atoms with Gasteiger partial charge in [0.25, 0.3) is 0 Å². The molecule has 2 heterocycles. The first-order valence-electron chi connectivity index (χ1n) is 5.08. The second-order valence-electron chi connectivity index (χ2n) is 3.71. The molecule has 0 fully saturated rings. The van der Waals surface area contributed by atoms with Crippen LogP contribution in [0.15, 0.2) is 22.8 Å². The van der Waals surface area contributed by atoms with Crippen molar-refractivity contribution in [2.24, 2.45) is 0 Å². The van der Waals surface area contributed by atoms with Crippen LogP contribution in [0.4, 0.5) is 5.82 Å². The summed E-state index contributed by atoms with van der Waals surface area (Å²) in [4.78, 5) is 0. The number of aromatic nitrogens is 2. The van der Waals surface area contributed by atoms with Gasteiger partial charge in [0, 0.05) is 21.2 Å². The number of rotatable bonds is 1. The van der Waals surface area contributed by atoms with Crippen molar-refractivity contribution in [2.75, 3.05) is 12.5 Å². The summed E-state index contributed by atoms with van der Waals surface area (Å²) in [7, 11) is 0. The van der Waals surface area contributed by atoms with Gasteiger partial charge in [-0.2, -0.15) is 5.10 Å². The molecule has 0 atom stereocenters. The lowest BCUT2D eigenvalue weighted by Gasteiger charge is -2.21. The summed E-state index contributed by atoms with van der Waals surface area (Å²) < 4.78 is 11.7. The number of hydrogen-bond acceptors (Lipinski definition) is 4. The lowest BCUT2D eigenvalue weighted by Crippen LogP contribution is -2.12. The fraction of sp³-hybridized carbons (Fsp3) is 0.182. The van der Waals surface area contributed by atoms with Crippen molar-refractivity contribution in [1.29, 1.82) is 0 Å². The number of fused-ring (bicyclic) bond motifs is 1. The van der Waals surface area contributed by atoms with Gasteiger partial charge in [-0.1, -0.05) is 15.9 Å². The Labute approximate surface area is 106 Å². The average Bonchev–Trinajstić information content (AvgIpc) is 2.75. The molecule has 0 spiro atoms. The third-order valence-corrected chi connectivity index (χ3v) is 3.36. The topological polar surface area (TPSA) is 73.2 Å². The minimum absolute atomic E-state index is 0.287. The maximum absolute atomic E-state index is 5.85. The molecule has 0 aliphatic carbocycles. The van der Waals surface area contributed by atoms with Gasteiger partial charge >= 0.3 is 0 Å². The van der Waals surface area contributed by atoms with E-state index in [1.54, 1.807) is 6.20 Å². The molecular formula is C11H10BrN3O2. The molecule has 17 heavy (non-hydrogen) atoms. The largest absolute Gasteiger partial charge is 0.467 e. The van der Waals surface area contributed by atoms with Crippen LogP contribution in [0.2, 0.25) is 0 Å². The van der Waals surface area contributed by atoms with Gasteiger partial charge in [-0.25, -0.2) is 0 Å². The molecule has 1 aromatic heterocycles. The second-order valence-corrected chi connectivity index (χ2v) is 4.56. The maximum Gasteiger partial charge on any atom is 0.189 e. The van der Waals surface area contributed by atoms with Crippen molar-refractivity contribution < 1.29 is 9.47 Å². The van der Waals surface area contributed by atoms with Gasteiger partial charge in [0.1, 0.15) is 11.6 Å². The molecule has 1 aromatic carbocycles. The zero-order valence-electron chi connectivity index (χ0n) is 8.87. The normalized spacial score (nSPS) is 14.2. The van der Waals surface area contributed by atoms with E-state index in [9.17, 15) is 0 Å². The van der Waals surface area contributed by atoms with Gasteiger partial charge < -0.3 is 15.2 Å². The minimum Gasteiger partial charge on any atom is -0.467 e. The fourth-order valence-corrected chi connectivity index (χ4v) is 2.50. The first-order chi connectivity index (χ1) is 8.27. The Kier molecular flexibility index (Phi) is 2.53. The number of nitrogens with zero attached hydrogens (tertiary/aromatic N) is 1. The molecule has 3 N–H and O–H groups in total. The number of benzene rings is 1. The highest BCUT2D eigenvalue weighted by Crippen LogP contribution is 2.40. The smallest absolute Gasteiger partial charge is 0.189 e. The Morgan fingerprint density at radius 1 is 1.41 bits per heavy atom. The van der Waals surface area contributed by atoms with E-state index >= 15 is 0 Å². The van der Waals surface area contributed by atoms with Crippen LogP contribution in [0.5, 0.6) is 5.75 Å². The molecule has 3 rings (SSSR count). The van der Waals surface area contributed by atoms with Crippen LogP contribution in [0.25, 0.3) is 11.1 Å². The van der Waals surface area contributed by atoms with Crippen LogP contribution < -0.4 is 10.5 Å². The molecule has 5 nitrogen and oxygen atoms in total. The summed E-state index contributed by atoms with van der Waals surface area (Å²) in [6, 6.07) is 3.85. The van der Waals surface area contributed by atoms with Crippen LogP contribution >= 0.6 is 15.9 Å². The Morgan fingerprint density at radius 2 is 2.29 bits per heavy atom. The number of nitrogens with two attached hydrogens (primary N) is 1. The van der Waals surface area contributed by atoms with E-state index in [2.05, 4.69) is 26.1 Å². The number of ether oxygens (including phenoxy) is 2. The van der Waals surface area contributed by atoms with Crippen LogP contribution in [0.3, 0.4) is 0 Å². The molecule has 0 amide bonds. The van der Waals surface area contributed by atoms with Crippen molar-refractivity contribution in [3.05, 3.63) is 28.4 Å². The number of H-pyrrole nitrogens is 1. The molecule has 0 radical (unpaired) electrons. The minimum atomic E-state index is 0.287. The van der Waals surface area contributed by atoms with Crippen LogP contribution in [-0.2, 0) is 11.3 Å². The number of anilines is 1. The fourth-order valence-electron chi connectivity index (χ4n) is 1.91. The molecule has 0 saturated heterocycles. The molecule has 0 bridgehead atoms. The summed E-state index contributed by atoms with van der Waals surface area (Å²) >= 11 is 3.52. The number of aromatic amines is 1. The maximum atomic E-state index is 5.85. The Morgan fingerprint density at radius 3 is 3.06 bits per heavy atom. The van der Waals surface area contributed by atoms with Crippen LogP contribution in [0.1, 0.15) is 5.56 Å². The molecule has 0 unspecified atom stereocenters. The van der Waals surface area contributed by atoms with Gasteiger partial charge in [0.2, 0.25) is 0 Å². The van der Waals surface area contributed by atoms with Crippen molar-refractivity contribution in [2.45, 2.75) is 6.61 Å². The van der Waals surface area contributed by atoms with E-state index in [0.29, 0.717) is 12.4 Å². The van der Waals surface area contributed by atoms with Gasteiger partial charge in [-0.15, -0.1) is 0 Å². The molecule has 6 heteroatoms. The zero-order chi connectivity index (χ0) is 11.8. The Balaban J connectivity index is 2.25. The quantitative estimate of drug-likeness (QED) is 0.847. The third kappa shape index (κ3) is 1.69. The van der Waals surface area contributed by atoms with Crippen molar-refractivity contribution >= 4 is 21.7 Å². The number of halogens is 1. The van der Waals surface area contributed by atoms with Gasteiger partial charge in [0.15, 0.2) is 6.79 Å². The molecule has 1 aliphatic heterocycles. The van der Waals surface area contributed by atoms with Crippen molar-refractivity contribution in [1.82, 2.24) is 10.2 Å². The van der Waals surface area contributed by atoms with E-state index in [-0.39, 0.29) is 6.79 Å². The molecule has 0 saturated carbocycles. The zero-order valence-corrected chi connectivity index (χ0v) is 10.5. The predicted octanol–water partition coefficient (Wildman–Crippen LogP) is 2.29. The van der Waals surface area contributed by atoms with E-state index in [4.69, 9.17) is 15.2 Å². The molecule has 88 valence electrons. The van der Waals surface area contributed by atoms with E-state index in [0.717, 1.165) is 26.9 Å². The highest BCUT2D eigenvalue weighted by atomic mass is 79.9. The van der Waals surface area contributed by atoms with Crippen LogP contribution in [-0.4, -0.2) is 17.0 Å². The van der Waals surface area contributed by atoms with Gasteiger partial charge in [-0.05, 0) is 12.1 Å². The van der Waals surface area contributed by atoms with Gasteiger partial charge in [0.05, 0.1) is 12.8 Å².